The van der Waals surface area contributed by atoms with Crippen molar-refractivity contribution in [2.45, 2.75) is 25.7 Å². The molecule has 1 amide bonds. The van der Waals surface area contributed by atoms with Gasteiger partial charge in [0.15, 0.2) is 5.82 Å². The maximum absolute atomic E-state index is 12.5. The molecule has 1 atom stereocenters. The van der Waals surface area contributed by atoms with E-state index < -0.39 is 0 Å². The van der Waals surface area contributed by atoms with E-state index in [0.717, 1.165) is 61.8 Å². The summed E-state index contributed by atoms with van der Waals surface area (Å²) in [5.41, 5.74) is 2.69. The molecule has 0 spiro atoms. The molecule has 2 fully saturated rings. The quantitative estimate of drug-likeness (QED) is 0.902. The molecule has 0 aliphatic carbocycles. The van der Waals surface area contributed by atoms with Crippen LogP contribution in [0.15, 0.2) is 36.4 Å². The summed E-state index contributed by atoms with van der Waals surface area (Å²) in [7, 11) is 2.07. The number of hydrogen-bond donors (Lipinski definition) is 1. The molecule has 1 unspecified atom stereocenters. The highest BCUT2D eigenvalue weighted by Gasteiger charge is 2.23. The summed E-state index contributed by atoms with van der Waals surface area (Å²) in [6.07, 6.45) is 4.51. The number of amides is 1. The lowest BCUT2D eigenvalue weighted by atomic mass is 9.97. The van der Waals surface area contributed by atoms with Crippen LogP contribution >= 0.6 is 0 Å². The van der Waals surface area contributed by atoms with Gasteiger partial charge in [-0.15, -0.1) is 10.2 Å². The highest BCUT2D eigenvalue weighted by atomic mass is 16.1. The van der Waals surface area contributed by atoms with Gasteiger partial charge in [-0.3, -0.25) is 4.79 Å². The molecule has 0 radical (unpaired) electrons. The fraction of sp³-hybridized carbons (Fsp3) is 0.476. The van der Waals surface area contributed by atoms with E-state index >= 15 is 0 Å². The van der Waals surface area contributed by atoms with Gasteiger partial charge in [-0.1, -0.05) is 12.1 Å². The summed E-state index contributed by atoms with van der Waals surface area (Å²) in [6.45, 7) is 4.05. The number of rotatable bonds is 4. The Hall–Kier alpha value is -2.47. The molecule has 2 aliphatic heterocycles. The second-order valence-corrected chi connectivity index (χ2v) is 7.64. The van der Waals surface area contributed by atoms with Crippen molar-refractivity contribution in [3.8, 4) is 11.3 Å². The predicted molar refractivity (Wildman–Crippen MR) is 108 cm³/mol. The molecule has 6 heteroatoms. The lowest BCUT2D eigenvalue weighted by Crippen LogP contribution is -2.38. The Bertz CT molecular complexity index is 768. The Morgan fingerprint density at radius 1 is 1.00 bits per heavy atom. The molecule has 4 rings (SSSR count). The van der Waals surface area contributed by atoms with E-state index in [-0.39, 0.29) is 11.8 Å². The molecular formula is C21H27N5O. The van der Waals surface area contributed by atoms with Crippen LogP contribution in [0, 0.1) is 5.92 Å². The van der Waals surface area contributed by atoms with E-state index in [1.165, 1.54) is 12.8 Å². The Morgan fingerprint density at radius 3 is 2.44 bits per heavy atom. The number of nitrogens with one attached hydrogen (secondary N) is 1. The van der Waals surface area contributed by atoms with Gasteiger partial charge < -0.3 is 15.1 Å². The summed E-state index contributed by atoms with van der Waals surface area (Å²) in [5, 5.41) is 11.8. The van der Waals surface area contributed by atoms with Gasteiger partial charge in [0, 0.05) is 30.9 Å². The van der Waals surface area contributed by atoms with Gasteiger partial charge in [0.05, 0.1) is 11.6 Å². The van der Waals surface area contributed by atoms with Crippen LogP contribution in [0.4, 0.5) is 11.5 Å². The van der Waals surface area contributed by atoms with Crippen molar-refractivity contribution in [2.24, 2.45) is 5.92 Å². The number of anilines is 2. The van der Waals surface area contributed by atoms with Gasteiger partial charge in [0.1, 0.15) is 0 Å². The summed E-state index contributed by atoms with van der Waals surface area (Å²) in [4.78, 5) is 17.0. The normalized spacial score (nSPS) is 20.6. The third-order valence-electron chi connectivity index (χ3n) is 5.52. The second kappa shape index (κ2) is 8.05. The standard InChI is InChI=1S/C21H27N5O/c1-25-12-4-5-17(15-25)21(27)22-18-8-6-16(7-9-18)19-10-11-20(24-23-19)26-13-2-3-14-26/h6-11,17H,2-5,12-15H2,1H3,(H,22,27). The fourth-order valence-corrected chi connectivity index (χ4v) is 3.94. The van der Waals surface area contributed by atoms with E-state index in [9.17, 15) is 4.79 Å². The molecule has 2 saturated heterocycles. The van der Waals surface area contributed by atoms with Crippen molar-refractivity contribution in [3.63, 3.8) is 0 Å². The topological polar surface area (TPSA) is 61.4 Å². The van der Waals surface area contributed by atoms with E-state index in [2.05, 4.69) is 32.4 Å². The highest BCUT2D eigenvalue weighted by molar-refractivity contribution is 5.93. The first-order chi connectivity index (χ1) is 13.2. The summed E-state index contributed by atoms with van der Waals surface area (Å²) < 4.78 is 0. The van der Waals surface area contributed by atoms with Gasteiger partial charge in [-0.05, 0) is 63.5 Å². The molecule has 1 N–H and O–H groups in total. The Morgan fingerprint density at radius 2 is 1.78 bits per heavy atom. The van der Waals surface area contributed by atoms with Crippen LogP contribution in [0.5, 0.6) is 0 Å². The first-order valence-corrected chi connectivity index (χ1v) is 9.87. The van der Waals surface area contributed by atoms with Gasteiger partial charge >= 0.3 is 0 Å². The number of hydrogen-bond acceptors (Lipinski definition) is 5. The number of nitrogens with zero attached hydrogens (tertiary/aromatic N) is 4. The molecule has 27 heavy (non-hydrogen) atoms. The van der Waals surface area contributed by atoms with Crippen molar-refractivity contribution in [1.82, 2.24) is 15.1 Å². The zero-order valence-electron chi connectivity index (χ0n) is 15.9. The molecule has 0 bridgehead atoms. The molecule has 2 aliphatic rings. The van der Waals surface area contributed by atoms with Crippen molar-refractivity contribution in [3.05, 3.63) is 36.4 Å². The first kappa shape index (κ1) is 17.9. The summed E-state index contributed by atoms with van der Waals surface area (Å²) >= 11 is 0. The number of carbonyl (C=O) groups excluding carboxylic acids is 1. The van der Waals surface area contributed by atoms with Crippen molar-refractivity contribution >= 4 is 17.4 Å². The van der Waals surface area contributed by atoms with Gasteiger partial charge in [0.2, 0.25) is 5.91 Å². The number of piperidine rings is 1. The molecule has 1 aromatic heterocycles. The predicted octanol–water partition coefficient (Wildman–Crippen LogP) is 3.02. The molecule has 3 heterocycles. The molecule has 142 valence electrons. The van der Waals surface area contributed by atoms with Crippen LogP contribution < -0.4 is 10.2 Å². The smallest absolute Gasteiger partial charge is 0.228 e. The summed E-state index contributed by atoms with van der Waals surface area (Å²) in [5.74, 6) is 1.15. The van der Waals surface area contributed by atoms with E-state index in [4.69, 9.17) is 0 Å². The monoisotopic (exact) mass is 365 g/mol. The maximum atomic E-state index is 12.5. The lowest BCUT2D eigenvalue weighted by molar-refractivity contribution is -0.121. The van der Waals surface area contributed by atoms with Gasteiger partial charge in [-0.2, -0.15) is 0 Å². The minimum atomic E-state index is 0.0763. The number of carbonyl (C=O) groups is 1. The number of likely N-dealkylation sites (tertiary alicyclic amines) is 1. The minimum Gasteiger partial charge on any atom is -0.355 e. The Kier molecular flexibility index (Phi) is 5.34. The average molecular weight is 365 g/mol. The number of benzene rings is 1. The fourth-order valence-electron chi connectivity index (χ4n) is 3.94. The first-order valence-electron chi connectivity index (χ1n) is 9.87. The molecular weight excluding hydrogens is 338 g/mol. The van der Waals surface area contributed by atoms with Gasteiger partial charge in [0.25, 0.3) is 0 Å². The molecule has 0 saturated carbocycles. The third kappa shape index (κ3) is 4.27. The molecule has 2 aromatic rings. The van der Waals surface area contributed by atoms with Crippen molar-refractivity contribution < 1.29 is 4.79 Å². The Balaban J connectivity index is 1.39. The minimum absolute atomic E-state index is 0.0763. The van der Waals surface area contributed by atoms with Crippen molar-refractivity contribution in [1.29, 1.82) is 0 Å². The SMILES string of the molecule is CN1CCCC(C(=O)Nc2ccc(-c3ccc(N4CCCC4)nn3)cc2)C1. The largest absolute Gasteiger partial charge is 0.355 e. The second-order valence-electron chi connectivity index (χ2n) is 7.64. The van der Waals surface area contributed by atoms with Crippen molar-refractivity contribution in [2.75, 3.05) is 43.4 Å². The average Bonchev–Trinajstić information content (AvgIpc) is 3.24. The lowest BCUT2D eigenvalue weighted by Gasteiger charge is -2.28. The van der Waals surface area contributed by atoms with E-state index in [1.807, 2.05) is 36.4 Å². The van der Waals surface area contributed by atoms with Crippen LogP contribution in [0.1, 0.15) is 25.7 Å². The van der Waals surface area contributed by atoms with Crippen LogP contribution in [-0.4, -0.2) is 54.2 Å². The van der Waals surface area contributed by atoms with Crippen LogP contribution in [0.3, 0.4) is 0 Å². The zero-order chi connectivity index (χ0) is 18.6. The van der Waals surface area contributed by atoms with Crippen LogP contribution in [0.2, 0.25) is 0 Å². The number of aromatic nitrogens is 2. The third-order valence-corrected chi connectivity index (χ3v) is 5.52. The van der Waals surface area contributed by atoms with Crippen LogP contribution in [0.25, 0.3) is 11.3 Å². The molecule has 6 nitrogen and oxygen atoms in total. The van der Waals surface area contributed by atoms with E-state index in [1.54, 1.807) is 0 Å². The highest BCUT2D eigenvalue weighted by Crippen LogP contribution is 2.23. The zero-order valence-corrected chi connectivity index (χ0v) is 15.9. The maximum Gasteiger partial charge on any atom is 0.228 e. The Labute approximate surface area is 160 Å². The summed E-state index contributed by atoms with van der Waals surface area (Å²) in [6, 6.07) is 11.9. The van der Waals surface area contributed by atoms with Gasteiger partial charge in [-0.25, -0.2) is 0 Å². The van der Waals surface area contributed by atoms with Crippen LogP contribution in [-0.2, 0) is 4.79 Å². The van der Waals surface area contributed by atoms with E-state index in [0.29, 0.717) is 0 Å². The molecule has 1 aromatic carbocycles.